The number of oxime groups is 1. The van der Waals surface area contributed by atoms with Crippen molar-refractivity contribution in [2.75, 3.05) is 19.1 Å². The molecule has 5 rings (SSSR count). The second kappa shape index (κ2) is 11.5. The molecule has 0 aliphatic heterocycles. The number of carbonyl (C=O) groups is 2. The minimum Gasteiger partial charge on any atom is -0.496 e. The summed E-state index contributed by atoms with van der Waals surface area (Å²) in [6, 6.07) is 22.8. The third-order valence-corrected chi connectivity index (χ3v) is 7.46. The Morgan fingerprint density at radius 3 is 2.27 bits per heavy atom. The highest BCUT2D eigenvalue weighted by molar-refractivity contribution is 7.99. The number of hydrogen-bond donors (Lipinski definition) is 1. The Morgan fingerprint density at radius 1 is 0.950 bits per heavy atom. The second-order valence-electron chi connectivity index (χ2n) is 9.41. The van der Waals surface area contributed by atoms with Crippen LogP contribution in [0.3, 0.4) is 0 Å². The molecule has 1 N–H and O–H groups in total. The van der Waals surface area contributed by atoms with Gasteiger partial charge in [-0.05, 0) is 66.4 Å². The number of ketones is 2. The third-order valence-electron chi connectivity index (χ3n) is 6.90. The molecular weight excluding hydrogens is 524 g/mol. The fourth-order valence-electron chi connectivity index (χ4n) is 5.10. The van der Waals surface area contributed by atoms with Crippen molar-refractivity contribution in [1.29, 1.82) is 0 Å². The van der Waals surface area contributed by atoms with Crippen molar-refractivity contribution in [3.8, 4) is 5.75 Å². The van der Waals surface area contributed by atoms with E-state index in [1.54, 1.807) is 13.2 Å². The number of hydrogen-bond acceptors (Lipinski definition) is 7. The van der Waals surface area contributed by atoms with Gasteiger partial charge in [0, 0.05) is 52.2 Å². The molecule has 1 atom stereocenters. The van der Waals surface area contributed by atoms with Crippen LogP contribution in [0, 0.1) is 0 Å². The van der Waals surface area contributed by atoms with E-state index in [4.69, 9.17) is 9.57 Å². The molecule has 0 spiro atoms. The lowest BCUT2D eigenvalue weighted by molar-refractivity contribution is -0.0836. The number of methoxy groups -OCH3 is 1. The molecule has 1 unspecified atom stereocenters. The van der Waals surface area contributed by atoms with Crippen molar-refractivity contribution in [2.24, 2.45) is 5.16 Å². The Balaban J connectivity index is 1.66. The van der Waals surface area contributed by atoms with E-state index in [-0.39, 0.29) is 17.3 Å². The summed E-state index contributed by atoms with van der Waals surface area (Å²) in [4.78, 5) is 32.3. The Hall–Kier alpha value is -4.14. The fourth-order valence-corrected chi connectivity index (χ4v) is 5.56. The second-order valence-corrected chi connectivity index (χ2v) is 10.3. The van der Waals surface area contributed by atoms with E-state index in [2.05, 4.69) is 16.6 Å². The number of carbonyl (C=O) groups excluding carboxylic acids is 2. The summed E-state index contributed by atoms with van der Waals surface area (Å²) in [6.45, 7) is 4.22. The van der Waals surface area contributed by atoms with Crippen LogP contribution >= 0.6 is 11.8 Å². The summed E-state index contributed by atoms with van der Waals surface area (Å²) in [5.74, 6) is 0.450. The van der Waals surface area contributed by atoms with Gasteiger partial charge in [-0.1, -0.05) is 35.5 Å². The predicted molar refractivity (Wildman–Crippen MR) is 162 cm³/mol. The molecule has 1 heterocycles. The maximum atomic E-state index is 14.0. The summed E-state index contributed by atoms with van der Waals surface area (Å²) >= 11 is 1.44. The van der Waals surface area contributed by atoms with Crippen LogP contribution in [0.4, 0.5) is 0 Å². The molecule has 0 amide bonds. The Bertz CT molecular complexity index is 1790. The Labute approximate surface area is 236 Å². The molecule has 40 heavy (non-hydrogen) atoms. The normalized spacial score (nSPS) is 12.7. The van der Waals surface area contributed by atoms with Gasteiger partial charge < -0.3 is 19.2 Å². The van der Waals surface area contributed by atoms with Gasteiger partial charge in [0.15, 0.2) is 5.78 Å². The number of benzene rings is 4. The molecule has 5 aromatic rings. The lowest BCUT2D eigenvalue weighted by atomic mass is 9.95. The smallest absolute Gasteiger partial charge is 0.221 e. The number of rotatable bonds is 10. The molecule has 8 heteroatoms. The van der Waals surface area contributed by atoms with Gasteiger partial charge in [-0.3, -0.25) is 9.59 Å². The number of aliphatic hydroxyl groups excluding tert-OH is 1. The number of aryl methyl sites for hydroxylation is 1. The lowest BCUT2D eigenvalue weighted by Crippen LogP contribution is -2.18. The number of aromatic nitrogens is 1. The van der Waals surface area contributed by atoms with Gasteiger partial charge >= 0.3 is 0 Å². The molecule has 0 fully saturated rings. The van der Waals surface area contributed by atoms with E-state index in [0.717, 1.165) is 39.1 Å². The van der Waals surface area contributed by atoms with E-state index in [9.17, 15) is 14.7 Å². The summed E-state index contributed by atoms with van der Waals surface area (Å²) in [5, 5.41) is 16.9. The largest absolute Gasteiger partial charge is 0.496 e. The number of fused-ring (bicyclic) bond motifs is 4. The highest BCUT2D eigenvalue weighted by atomic mass is 32.2. The summed E-state index contributed by atoms with van der Waals surface area (Å²) in [6.07, 6.45) is 0.748. The van der Waals surface area contributed by atoms with Gasteiger partial charge in [-0.15, -0.1) is 0 Å². The molecule has 4 aromatic carbocycles. The molecule has 204 valence electrons. The van der Waals surface area contributed by atoms with Crippen molar-refractivity contribution in [2.45, 2.75) is 26.7 Å². The van der Waals surface area contributed by atoms with Crippen LogP contribution in [-0.2, 0) is 11.4 Å². The molecule has 0 saturated carbocycles. The van der Waals surface area contributed by atoms with Gasteiger partial charge in [-0.25, -0.2) is 0 Å². The van der Waals surface area contributed by atoms with Crippen molar-refractivity contribution >= 4 is 61.6 Å². The maximum absolute atomic E-state index is 14.0. The number of thioether (sulfide) groups is 1. The van der Waals surface area contributed by atoms with Crippen LogP contribution in [0.25, 0.3) is 32.6 Å². The first-order valence-corrected chi connectivity index (χ1v) is 14.4. The molecule has 0 saturated heterocycles. The van der Waals surface area contributed by atoms with Crippen molar-refractivity contribution in [1.82, 2.24) is 4.57 Å². The number of ether oxygens (including phenoxy) is 1. The highest BCUT2D eigenvalue weighted by Gasteiger charge is 2.21. The lowest BCUT2D eigenvalue weighted by Gasteiger charge is -2.12. The van der Waals surface area contributed by atoms with Gasteiger partial charge in [0.05, 0.1) is 12.7 Å². The minimum absolute atomic E-state index is 0.134. The fraction of sp³-hybridized carbons (Fsp3) is 0.219. The third kappa shape index (κ3) is 4.96. The number of aliphatic hydroxyl groups is 1. The van der Waals surface area contributed by atoms with Crippen molar-refractivity contribution < 1.29 is 24.3 Å². The average Bonchev–Trinajstić information content (AvgIpc) is 3.29. The Morgan fingerprint density at radius 2 is 1.62 bits per heavy atom. The molecule has 0 bridgehead atoms. The molecule has 0 aliphatic rings. The van der Waals surface area contributed by atoms with E-state index in [1.807, 2.05) is 73.0 Å². The highest BCUT2D eigenvalue weighted by Crippen LogP contribution is 2.34. The molecule has 0 aliphatic carbocycles. The van der Waals surface area contributed by atoms with Crippen LogP contribution in [0.15, 0.2) is 78.0 Å². The summed E-state index contributed by atoms with van der Waals surface area (Å²) in [5.41, 5.74) is 3.65. The van der Waals surface area contributed by atoms with Crippen LogP contribution in [0.2, 0.25) is 0 Å². The van der Waals surface area contributed by atoms with Gasteiger partial charge in [0.25, 0.3) is 0 Å². The quantitative estimate of drug-likeness (QED) is 0.0922. The number of Topliss-reactive ketones (excluding diaryl/α,β-unsaturated/α-hetero) is 1. The molecule has 7 nitrogen and oxygen atoms in total. The first kappa shape index (κ1) is 27.4. The van der Waals surface area contributed by atoms with E-state index < -0.39 is 6.29 Å². The van der Waals surface area contributed by atoms with Gasteiger partial charge in [-0.2, -0.15) is 11.8 Å². The predicted octanol–water partition coefficient (Wildman–Crippen LogP) is 6.46. The van der Waals surface area contributed by atoms with Crippen LogP contribution in [0.1, 0.15) is 40.1 Å². The van der Waals surface area contributed by atoms with Gasteiger partial charge in [0.1, 0.15) is 11.5 Å². The van der Waals surface area contributed by atoms with Crippen LogP contribution < -0.4 is 4.74 Å². The first-order valence-electron chi connectivity index (χ1n) is 13.0. The monoisotopic (exact) mass is 554 g/mol. The van der Waals surface area contributed by atoms with Crippen molar-refractivity contribution in [3.63, 3.8) is 0 Å². The van der Waals surface area contributed by atoms with Crippen LogP contribution in [-0.4, -0.2) is 52.4 Å². The van der Waals surface area contributed by atoms with E-state index >= 15 is 0 Å². The zero-order valence-electron chi connectivity index (χ0n) is 22.8. The average molecular weight is 555 g/mol. The van der Waals surface area contributed by atoms with E-state index in [1.165, 1.54) is 18.7 Å². The topological polar surface area (TPSA) is 90.1 Å². The first-order chi connectivity index (χ1) is 19.4. The molecule has 1 aromatic heterocycles. The maximum Gasteiger partial charge on any atom is 0.221 e. The zero-order chi connectivity index (χ0) is 28.4. The van der Waals surface area contributed by atoms with E-state index in [0.29, 0.717) is 28.2 Å². The van der Waals surface area contributed by atoms with Gasteiger partial charge in [0.2, 0.25) is 12.1 Å². The molecular formula is C32H30N2O5S. The summed E-state index contributed by atoms with van der Waals surface area (Å²) in [7, 11) is 1.57. The van der Waals surface area contributed by atoms with Crippen molar-refractivity contribution in [3.05, 3.63) is 89.5 Å². The zero-order valence-corrected chi connectivity index (χ0v) is 23.6. The Kier molecular flexibility index (Phi) is 7.91. The summed E-state index contributed by atoms with van der Waals surface area (Å²) < 4.78 is 7.76. The molecule has 0 radical (unpaired) electrons. The standard InChI is InChI=1S/C32H30N2O5S/c1-5-34-27-13-10-21(31(36)26(18-40-4)33-39-19(2)35)16-24(27)25-17-22(11-14-28(25)34)32(37)30-23-9-7-6-8-20(23)12-15-29(30)38-3/h6-17,19,35H,5,18H2,1-4H3/b33-26+. The SMILES string of the molecule is CCn1c2ccc(C(=O)/C(CSC)=N/OC(C)O)cc2c2cc(C(=O)c3c(OC)ccc4ccccc34)ccc21. The minimum atomic E-state index is -1.12. The van der Waals surface area contributed by atoms with Crippen LogP contribution in [0.5, 0.6) is 5.75 Å². The number of nitrogens with zero attached hydrogens (tertiary/aromatic N) is 2.